The van der Waals surface area contributed by atoms with Gasteiger partial charge in [0.1, 0.15) is 5.92 Å². The fourth-order valence-electron chi connectivity index (χ4n) is 11.7. The summed E-state index contributed by atoms with van der Waals surface area (Å²) in [6, 6.07) is 2.42. The highest BCUT2D eigenvalue weighted by Gasteiger charge is 2.75. The van der Waals surface area contributed by atoms with Crippen LogP contribution in [-0.2, 0) is 19.1 Å². The summed E-state index contributed by atoms with van der Waals surface area (Å²) in [5.74, 6) is -2.20. The van der Waals surface area contributed by atoms with Crippen LogP contribution in [0.2, 0.25) is 0 Å². The van der Waals surface area contributed by atoms with Crippen LogP contribution < -0.4 is 0 Å². The van der Waals surface area contributed by atoms with Crippen molar-refractivity contribution in [3.8, 4) is 6.07 Å². The van der Waals surface area contributed by atoms with E-state index in [9.17, 15) is 20.0 Å². The maximum Gasteiger partial charge on any atom is 0.312 e. The first-order valence-corrected chi connectivity index (χ1v) is 15.2. The summed E-state index contributed by atoms with van der Waals surface area (Å²) >= 11 is 0. The van der Waals surface area contributed by atoms with Crippen LogP contribution in [0, 0.1) is 67.5 Å². The van der Waals surface area contributed by atoms with E-state index in [4.69, 9.17) is 9.47 Å². The highest BCUT2D eigenvalue weighted by Crippen LogP contribution is 2.77. The Kier molecular flexibility index (Phi) is 5.61. The molecule has 1 N–H and O–H groups in total. The van der Waals surface area contributed by atoms with Crippen molar-refractivity contribution < 1.29 is 24.2 Å². The Morgan fingerprint density at radius 2 is 1.72 bits per heavy atom. The molecule has 1 aliphatic heterocycles. The van der Waals surface area contributed by atoms with Gasteiger partial charge >= 0.3 is 5.97 Å². The molecule has 6 heteroatoms. The van der Waals surface area contributed by atoms with Gasteiger partial charge < -0.3 is 14.6 Å². The van der Waals surface area contributed by atoms with E-state index >= 15 is 0 Å². The lowest BCUT2D eigenvalue weighted by Crippen LogP contribution is -2.68. The van der Waals surface area contributed by atoms with Crippen LogP contribution in [0.15, 0.2) is 11.6 Å². The molecule has 6 nitrogen and oxygen atoms in total. The largest absolute Gasteiger partial charge is 0.469 e. The smallest absolute Gasteiger partial charge is 0.312 e. The van der Waals surface area contributed by atoms with Gasteiger partial charge in [0.05, 0.1) is 25.2 Å². The first-order valence-electron chi connectivity index (χ1n) is 15.2. The molecule has 6 rings (SSSR count). The van der Waals surface area contributed by atoms with Crippen molar-refractivity contribution in [1.82, 2.24) is 0 Å². The summed E-state index contributed by atoms with van der Waals surface area (Å²) < 4.78 is 11.4. The van der Waals surface area contributed by atoms with Gasteiger partial charge in [-0.2, -0.15) is 5.26 Å². The molecule has 10 atom stereocenters. The zero-order valence-electron chi connectivity index (χ0n) is 25.0. The summed E-state index contributed by atoms with van der Waals surface area (Å²) in [5.41, 5.74) is -0.773. The number of aliphatic hydroxyl groups is 1. The Hall–Kier alpha value is -1.71. The lowest BCUT2D eigenvalue weighted by molar-refractivity contribution is -0.298. The van der Waals surface area contributed by atoms with Gasteiger partial charge in [-0.3, -0.25) is 9.59 Å². The Morgan fingerprint density at radius 1 is 1.03 bits per heavy atom. The molecular weight excluding hydrogens is 490 g/mol. The maximum absolute atomic E-state index is 14.5. The molecule has 1 heterocycles. The third-order valence-corrected chi connectivity index (χ3v) is 14.1. The van der Waals surface area contributed by atoms with Crippen LogP contribution in [0.1, 0.15) is 99.3 Å². The van der Waals surface area contributed by atoms with Crippen molar-refractivity contribution >= 4 is 11.8 Å². The third-order valence-electron chi connectivity index (χ3n) is 14.1. The van der Waals surface area contributed by atoms with Crippen molar-refractivity contribution in [2.24, 2.45) is 56.2 Å². The lowest BCUT2D eigenvalue weighted by atomic mass is 9.33. The van der Waals surface area contributed by atoms with E-state index in [0.29, 0.717) is 13.0 Å². The van der Waals surface area contributed by atoms with Crippen molar-refractivity contribution in [2.75, 3.05) is 13.7 Å². The van der Waals surface area contributed by atoms with Gasteiger partial charge in [-0.05, 0) is 97.4 Å². The van der Waals surface area contributed by atoms with Gasteiger partial charge in [0, 0.05) is 11.3 Å². The Labute approximate surface area is 233 Å². The van der Waals surface area contributed by atoms with Crippen molar-refractivity contribution in [3.63, 3.8) is 0 Å². The minimum absolute atomic E-state index is 0.0378. The minimum Gasteiger partial charge on any atom is -0.469 e. The molecular formula is C33H47NO5. The van der Waals surface area contributed by atoms with Crippen LogP contribution in [0.4, 0.5) is 0 Å². The first kappa shape index (κ1) is 27.5. The summed E-state index contributed by atoms with van der Waals surface area (Å²) in [7, 11) is 1.50. The van der Waals surface area contributed by atoms with Crippen LogP contribution in [0.5, 0.6) is 0 Å². The third kappa shape index (κ3) is 3.05. The second-order valence-electron chi connectivity index (χ2n) is 15.9. The first-order chi connectivity index (χ1) is 18.1. The fourth-order valence-corrected chi connectivity index (χ4v) is 11.7. The lowest BCUT2D eigenvalue weighted by Gasteiger charge is -2.70. The van der Waals surface area contributed by atoms with Crippen molar-refractivity contribution in [1.29, 1.82) is 5.26 Å². The number of nitrogens with zero attached hydrogens (tertiary/aromatic N) is 1. The van der Waals surface area contributed by atoms with Gasteiger partial charge in [-0.1, -0.05) is 47.1 Å². The fraction of sp³-hybridized carbons (Fsp3) is 0.848. The second kappa shape index (κ2) is 7.97. The van der Waals surface area contributed by atoms with Gasteiger partial charge in [-0.25, -0.2) is 0 Å². The normalized spacial score (nSPS) is 53.6. The molecule has 1 saturated heterocycles. The number of hydrogen-bond acceptors (Lipinski definition) is 6. The van der Waals surface area contributed by atoms with E-state index in [-0.39, 0.29) is 51.2 Å². The summed E-state index contributed by atoms with van der Waals surface area (Å²) in [6.45, 7) is 14.1. The van der Waals surface area contributed by atoms with E-state index in [1.54, 1.807) is 0 Å². The highest BCUT2D eigenvalue weighted by atomic mass is 16.6. The molecule has 39 heavy (non-hydrogen) atoms. The molecule has 214 valence electrons. The van der Waals surface area contributed by atoms with Crippen LogP contribution in [0.3, 0.4) is 0 Å². The predicted molar refractivity (Wildman–Crippen MR) is 146 cm³/mol. The van der Waals surface area contributed by atoms with Crippen molar-refractivity contribution in [3.05, 3.63) is 11.6 Å². The number of fused-ring (bicyclic) bond motifs is 9. The molecule has 0 aromatic heterocycles. The average molecular weight is 538 g/mol. The van der Waals surface area contributed by atoms with Gasteiger partial charge in [0.15, 0.2) is 11.6 Å². The summed E-state index contributed by atoms with van der Waals surface area (Å²) in [6.07, 6.45) is 9.22. The predicted octanol–water partition coefficient (Wildman–Crippen LogP) is 5.98. The summed E-state index contributed by atoms with van der Waals surface area (Å²) in [4.78, 5) is 28.0. The zero-order chi connectivity index (χ0) is 28.4. The van der Waals surface area contributed by atoms with Crippen molar-refractivity contribution in [2.45, 2.75) is 105 Å². The summed E-state index contributed by atoms with van der Waals surface area (Å²) in [5, 5.41) is 22.0. The van der Waals surface area contributed by atoms with E-state index in [2.05, 4.69) is 47.6 Å². The Balaban J connectivity index is 1.50. The van der Waals surface area contributed by atoms with Crippen LogP contribution in [-0.4, -0.2) is 36.4 Å². The van der Waals surface area contributed by atoms with E-state index in [1.165, 1.54) is 12.7 Å². The van der Waals surface area contributed by atoms with E-state index in [1.807, 2.05) is 6.08 Å². The number of esters is 1. The molecule has 0 bridgehead atoms. The van der Waals surface area contributed by atoms with E-state index < -0.39 is 22.5 Å². The maximum atomic E-state index is 14.5. The average Bonchev–Trinajstić information content (AvgIpc) is 3.19. The number of allylic oxidation sites excluding steroid dienone is 2. The van der Waals surface area contributed by atoms with Crippen LogP contribution in [0.25, 0.3) is 0 Å². The SMILES string of the molecule is COC(=O)[C@]12CCC(C)(C)C[C@H]1[C@H]1C(=O)C=C3[C@@]4(C)C[C@@H](C#N)[C@@]5(O)OCC[C@@]5(C)C4CC[C@@]3(C)[C@]1(C)CC2. The quantitative estimate of drug-likeness (QED) is 0.414. The zero-order valence-corrected chi connectivity index (χ0v) is 25.0. The molecule has 0 radical (unpaired) electrons. The molecule has 0 aromatic carbocycles. The monoisotopic (exact) mass is 537 g/mol. The minimum atomic E-state index is -1.44. The number of carbonyl (C=O) groups is 2. The molecule has 5 fully saturated rings. The number of rotatable bonds is 1. The van der Waals surface area contributed by atoms with Gasteiger partial charge in [0.2, 0.25) is 0 Å². The molecule has 1 unspecified atom stereocenters. The van der Waals surface area contributed by atoms with E-state index in [0.717, 1.165) is 51.4 Å². The molecule has 4 saturated carbocycles. The number of methoxy groups -OCH3 is 1. The highest BCUT2D eigenvalue weighted by molar-refractivity contribution is 5.96. The molecule has 0 spiro atoms. The number of carbonyl (C=O) groups excluding carboxylic acids is 2. The van der Waals surface area contributed by atoms with Gasteiger partial charge in [0.25, 0.3) is 0 Å². The molecule has 5 aliphatic carbocycles. The second-order valence-corrected chi connectivity index (χ2v) is 15.9. The number of ether oxygens (including phenoxy) is 2. The molecule has 0 aromatic rings. The topological polar surface area (TPSA) is 96.6 Å². The number of hydrogen-bond donors (Lipinski definition) is 1. The number of ketones is 1. The molecule has 0 amide bonds. The van der Waals surface area contributed by atoms with Gasteiger partial charge in [-0.15, -0.1) is 0 Å². The van der Waals surface area contributed by atoms with Crippen LogP contribution >= 0.6 is 0 Å². The number of nitriles is 1. The molecule has 6 aliphatic rings. The Bertz CT molecular complexity index is 1200. The Morgan fingerprint density at radius 3 is 2.38 bits per heavy atom. The standard InChI is InChI=1S/C33H47NO5/c1-27(2)10-12-32(26(36)38-7)13-11-31(6)25(21(32)18-27)22(35)16-24-28(3)17-20(19-34)33(37)30(5,14-15-39-33)23(28)8-9-29(24,31)4/h16,20-21,23,25,37H,8-15,17-18H2,1-7H3/t20-,21-,23?,25-,28-,29+,30-,31+,32-,33+/m0/s1.